The molecule has 2 rings (SSSR count). The van der Waals surface area contributed by atoms with Crippen LogP contribution >= 0.6 is 23.2 Å². The summed E-state index contributed by atoms with van der Waals surface area (Å²) in [5.74, 6) is 0.334. The highest BCUT2D eigenvalue weighted by Gasteiger charge is 2.12. The van der Waals surface area contributed by atoms with Gasteiger partial charge in [-0.2, -0.15) is 4.98 Å². The fraction of sp³-hybridized carbons (Fsp3) is 0. The minimum atomic E-state index is -0.0371. The van der Waals surface area contributed by atoms with Gasteiger partial charge in [0.15, 0.2) is 10.9 Å². The lowest BCUT2D eigenvalue weighted by molar-refractivity contribution is 0.109. The molecule has 0 saturated carbocycles. The molecule has 0 N–H and O–H groups in total. The number of nitrogens with zero attached hydrogens (tertiary/aromatic N) is 1. The minimum absolute atomic E-state index is 0.0371. The van der Waals surface area contributed by atoms with Crippen molar-refractivity contribution in [2.75, 3.05) is 0 Å². The van der Waals surface area contributed by atoms with Gasteiger partial charge in [0.2, 0.25) is 6.29 Å². The number of oxazole rings is 1. The van der Waals surface area contributed by atoms with Crippen LogP contribution < -0.4 is 0 Å². The number of carbonyl (C=O) groups is 1. The molecule has 1 aromatic heterocycles. The van der Waals surface area contributed by atoms with Gasteiger partial charge in [-0.25, -0.2) is 0 Å². The molecule has 0 radical (unpaired) electrons. The Morgan fingerprint density at radius 2 is 1.87 bits per heavy atom. The molecule has 0 unspecified atom stereocenters. The van der Waals surface area contributed by atoms with Crippen LogP contribution in [-0.4, -0.2) is 11.3 Å². The summed E-state index contributed by atoms with van der Waals surface area (Å²) in [7, 11) is 0. The highest BCUT2D eigenvalue weighted by molar-refractivity contribution is 6.32. The summed E-state index contributed by atoms with van der Waals surface area (Å²) in [6.45, 7) is 0. The number of rotatable bonds is 2. The van der Waals surface area contributed by atoms with Gasteiger partial charge in [0.1, 0.15) is 0 Å². The Labute approximate surface area is 95.6 Å². The molecule has 0 saturated heterocycles. The minimum Gasteiger partial charge on any atom is -0.432 e. The third kappa shape index (κ3) is 2.03. The van der Waals surface area contributed by atoms with Crippen LogP contribution in [0.15, 0.2) is 28.7 Å². The third-order valence-electron chi connectivity index (χ3n) is 1.81. The van der Waals surface area contributed by atoms with Crippen LogP contribution in [0.2, 0.25) is 10.2 Å². The van der Waals surface area contributed by atoms with Gasteiger partial charge in [-0.15, -0.1) is 0 Å². The molecule has 3 nitrogen and oxygen atoms in total. The van der Waals surface area contributed by atoms with E-state index in [4.69, 9.17) is 27.6 Å². The molecule has 2 aromatic rings. The fourth-order valence-corrected chi connectivity index (χ4v) is 1.50. The standard InChI is InChI=1S/C10H5Cl2NO2/c11-7-3-1-6(2-4-7)9-10(12)13-8(5-14)15-9/h1-5H. The molecule has 0 spiro atoms. The smallest absolute Gasteiger partial charge is 0.261 e. The van der Waals surface area contributed by atoms with E-state index in [1.807, 2.05) is 0 Å². The predicted molar refractivity (Wildman–Crippen MR) is 57.3 cm³/mol. The number of carbonyl (C=O) groups excluding carboxylic acids is 1. The summed E-state index contributed by atoms with van der Waals surface area (Å²) in [6, 6.07) is 6.89. The maximum absolute atomic E-state index is 10.4. The summed E-state index contributed by atoms with van der Waals surface area (Å²) >= 11 is 11.5. The van der Waals surface area contributed by atoms with Crippen molar-refractivity contribution < 1.29 is 9.21 Å². The normalized spacial score (nSPS) is 10.3. The monoisotopic (exact) mass is 241 g/mol. The average Bonchev–Trinajstić information content (AvgIpc) is 2.61. The largest absolute Gasteiger partial charge is 0.432 e. The van der Waals surface area contributed by atoms with Crippen LogP contribution in [0.5, 0.6) is 0 Å². The first-order valence-electron chi connectivity index (χ1n) is 4.08. The second kappa shape index (κ2) is 4.04. The molecule has 0 bridgehead atoms. The average molecular weight is 242 g/mol. The van der Waals surface area contributed by atoms with Gasteiger partial charge in [-0.3, -0.25) is 4.79 Å². The lowest BCUT2D eigenvalue weighted by Crippen LogP contribution is -1.74. The molecule has 15 heavy (non-hydrogen) atoms. The molecule has 76 valence electrons. The molecule has 0 fully saturated rings. The first-order valence-corrected chi connectivity index (χ1v) is 4.84. The molecule has 5 heteroatoms. The number of benzene rings is 1. The van der Waals surface area contributed by atoms with E-state index in [2.05, 4.69) is 4.98 Å². The lowest BCUT2D eigenvalue weighted by atomic mass is 10.2. The third-order valence-corrected chi connectivity index (χ3v) is 2.32. The van der Waals surface area contributed by atoms with Gasteiger partial charge in [0.25, 0.3) is 5.89 Å². The molecule has 0 aliphatic rings. The number of hydrogen-bond donors (Lipinski definition) is 0. The molecule has 0 amide bonds. The second-order valence-corrected chi connectivity index (χ2v) is 3.59. The van der Waals surface area contributed by atoms with Crippen molar-refractivity contribution >= 4 is 29.5 Å². The maximum Gasteiger partial charge on any atom is 0.261 e. The van der Waals surface area contributed by atoms with Gasteiger partial charge in [-0.05, 0) is 24.3 Å². The highest BCUT2D eigenvalue weighted by Crippen LogP contribution is 2.28. The Bertz CT molecular complexity index is 491. The van der Waals surface area contributed by atoms with Crippen LogP contribution in [0.25, 0.3) is 11.3 Å². The van der Waals surface area contributed by atoms with E-state index < -0.39 is 0 Å². The SMILES string of the molecule is O=Cc1nc(Cl)c(-c2ccc(Cl)cc2)o1. The first kappa shape index (κ1) is 10.2. The van der Waals surface area contributed by atoms with Gasteiger partial charge in [-0.1, -0.05) is 23.2 Å². The Morgan fingerprint density at radius 1 is 1.20 bits per heavy atom. The number of halogens is 2. The summed E-state index contributed by atoms with van der Waals surface area (Å²) < 4.78 is 5.14. The Hall–Kier alpha value is -1.32. The number of hydrogen-bond acceptors (Lipinski definition) is 3. The summed E-state index contributed by atoms with van der Waals surface area (Å²) in [6.07, 6.45) is 0.505. The topological polar surface area (TPSA) is 43.1 Å². The van der Waals surface area contributed by atoms with Crippen molar-refractivity contribution in [3.8, 4) is 11.3 Å². The Kier molecular flexibility index (Phi) is 2.75. The first-order chi connectivity index (χ1) is 7.20. The van der Waals surface area contributed by atoms with Crippen molar-refractivity contribution in [2.24, 2.45) is 0 Å². The molecular formula is C10H5Cl2NO2. The maximum atomic E-state index is 10.4. The van der Waals surface area contributed by atoms with E-state index in [0.29, 0.717) is 17.1 Å². The zero-order valence-electron chi connectivity index (χ0n) is 7.41. The van der Waals surface area contributed by atoms with Gasteiger partial charge in [0, 0.05) is 10.6 Å². The van der Waals surface area contributed by atoms with Crippen molar-refractivity contribution in [1.82, 2.24) is 4.98 Å². The quantitative estimate of drug-likeness (QED) is 0.757. The lowest BCUT2D eigenvalue weighted by Gasteiger charge is -1.96. The van der Waals surface area contributed by atoms with Gasteiger partial charge >= 0.3 is 0 Å². The van der Waals surface area contributed by atoms with E-state index in [0.717, 1.165) is 5.56 Å². The molecule has 1 aromatic carbocycles. The highest BCUT2D eigenvalue weighted by atomic mass is 35.5. The summed E-state index contributed by atoms with van der Waals surface area (Å²) in [4.78, 5) is 14.1. The summed E-state index contributed by atoms with van der Waals surface area (Å²) in [5, 5.41) is 0.782. The molecule has 0 aliphatic heterocycles. The molecule has 0 atom stereocenters. The van der Waals surface area contributed by atoms with Crippen molar-refractivity contribution in [1.29, 1.82) is 0 Å². The van der Waals surface area contributed by atoms with E-state index in [1.54, 1.807) is 24.3 Å². The van der Waals surface area contributed by atoms with Crippen LogP contribution in [0.4, 0.5) is 0 Å². The van der Waals surface area contributed by atoms with Crippen LogP contribution in [-0.2, 0) is 0 Å². The predicted octanol–water partition coefficient (Wildman–Crippen LogP) is 3.46. The molecule has 1 heterocycles. The van der Waals surface area contributed by atoms with E-state index in [9.17, 15) is 4.79 Å². The Balaban J connectivity index is 2.48. The van der Waals surface area contributed by atoms with Gasteiger partial charge < -0.3 is 4.42 Å². The number of aldehydes is 1. The molecular weight excluding hydrogens is 237 g/mol. The van der Waals surface area contributed by atoms with E-state index in [1.165, 1.54) is 0 Å². The summed E-state index contributed by atoms with van der Waals surface area (Å²) in [5.41, 5.74) is 0.727. The van der Waals surface area contributed by atoms with Crippen LogP contribution in [0.3, 0.4) is 0 Å². The van der Waals surface area contributed by atoms with E-state index >= 15 is 0 Å². The van der Waals surface area contributed by atoms with Crippen molar-refractivity contribution in [3.63, 3.8) is 0 Å². The second-order valence-electron chi connectivity index (χ2n) is 2.80. The Morgan fingerprint density at radius 3 is 2.40 bits per heavy atom. The molecule has 0 aliphatic carbocycles. The van der Waals surface area contributed by atoms with Gasteiger partial charge in [0.05, 0.1) is 0 Å². The number of aromatic nitrogens is 1. The van der Waals surface area contributed by atoms with Crippen LogP contribution in [0, 0.1) is 0 Å². The zero-order valence-corrected chi connectivity index (χ0v) is 8.92. The van der Waals surface area contributed by atoms with Crippen molar-refractivity contribution in [3.05, 3.63) is 40.3 Å². The van der Waals surface area contributed by atoms with Crippen LogP contribution in [0.1, 0.15) is 10.7 Å². The van der Waals surface area contributed by atoms with Crippen molar-refractivity contribution in [2.45, 2.75) is 0 Å². The fourth-order valence-electron chi connectivity index (χ4n) is 1.15. The zero-order chi connectivity index (χ0) is 10.8. The van der Waals surface area contributed by atoms with E-state index in [-0.39, 0.29) is 11.0 Å².